The molecule has 0 unspecified atom stereocenters. The molecule has 0 spiro atoms. The summed E-state index contributed by atoms with van der Waals surface area (Å²) in [5, 5.41) is 1.00. The summed E-state index contributed by atoms with van der Waals surface area (Å²) in [5.41, 5.74) is 3.81. The number of carbonyl (C=O) groups excluding carboxylic acids is 2. The normalized spacial score (nSPS) is 18.2. The lowest BCUT2D eigenvalue weighted by Gasteiger charge is -2.32. The topological polar surface area (TPSA) is 71.6 Å². The number of benzene rings is 1. The van der Waals surface area contributed by atoms with Crippen molar-refractivity contribution >= 4 is 22.8 Å². The molecule has 0 saturated carbocycles. The zero-order valence-corrected chi connectivity index (χ0v) is 14.3. The van der Waals surface area contributed by atoms with Gasteiger partial charge in [-0.2, -0.15) is 0 Å². The molecule has 1 fully saturated rings. The van der Waals surface area contributed by atoms with Crippen LogP contribution in [0.25, 0.3) is 10.9 Å². The molecule has 1 N–H and O–H groups in total. The van der Waals surface area contributed by atoms with Crippen molar-refractivity contribution < 1.29 is 19.1 Å². The Kier molecular flexibility index (Phi) is 4.21. The zero-order valence-electron chi connectivity index (χ0n) is 14.3. The molecule has 132 valence electrons. The molecule has 1 amide bonds. The fourth-order valence-corrected chi connectivity index (χ4v) is 3.85. The summed E-state index contributed by atoms with van der Waals surface area (Å²) < 4.78 is 10.2. The largest absolute Gasteiger partial charge is 0.465 e. The maximum Gasteiger partial charge on any atom is 0.337 e. The van der Waals surface area contributed by atoms with E-state index in [4.69, 9.17) is 9.47 Å². The third kappa shape index (κ3) is 2.91. The molecule has 6 nitrogen and oxygen atoms in total. The Bertz CT molecular complexity index is 820. The Hall–Kier alpha value is -2.34. The highest BCUT2D eigenvalue weighted by Crippen LogP contribution is 2.30. The number of nitrogens with zero attached hydrogens (tertiary/aromatic N) is 1. The lowest BCUT2D eigenvalue weighted by molar-refractivity contribution is -0.139. The van der Waals surface area contributed by atoms with E-state index in [1.165, 1.54) is 7.11 Å². The fourth-order valence-electron chi connectivity index (χ4n) is 3.85. The van der Waals surface area contributed by atoms with Crippen LogP contribution in [0.5, 0.6) is 0 Å². The Balaban J connectivity index is 1.62. The van der Waals surface area contributed by atoms with Crippen LogP contribution in [0.4, 0.5) is 0 Å². The van der Waals surface area contributed by atoms with Gasteiger partial charge in [0.15, 0.2) is 0 Å². The maximum atomic E-state index is 12.8. The first-order valence-electron chi connectivity index (χ1n) is 8.75. The number of fused-ring (bicyclic) bond motifs is 3. The molecule has 1 aromatic carbocycles. The van der Waals surface area contributed by atoms with Crippen molar-refractivity contribution in [1.29, 1.82) is 0 Å². The molecule has 25 heavy (non-hydrogen) atoms. The van der Waals surface area contributed by atoms with Crippen LogP contribution >= 0.6 is 0 Å². The minimum Gasteiger partial charge on any atom is -0.465 e. The molecular weight excluding hydrogens is 320 g/mol. The van der Waals surface area contributed by atoms with E-state index in [2.05, 4.69) is 4.98 Å². The average molecular weight is 342 g/mol. The second kappa shape index (κ2) is 6.52. The van der Waals surface area contributed by atoms with Crippen molar-refractivity contribution in [2.75, 3.05) is 26.9 Å². The summed E-state index contributed by atoms with van der Waals surface area (Å²) in [7, 11) is 1.38. The Morgan fingerprint density at radius 3 is 2.84 bits per heavy atom. The predicted octanol–water partition coefficient (Wildman–Crippen LogP) is 2.27. The van der Waals surface area contributed by atoms with Crippen LogP contribution in [-0.2, 0) is 27.2 Å². The molecule has 3 heterocycles. The maximum absolute atomic E-state index is 12.8. The number of hydrogen-bond acceptors (Lipinski definition) is 4. The van der Waals surface area contributed by atoms with Crippen LogP contribution in [0, 0.1) is 5.92 Å². The molecule has 6 heteroatoms. The van der Waals surface area contributed by atoms with Gasteiger partial charge in [-0.3, -0.25) is 4.79 Å². The van der Waals surface area contributed by atoms with Crippen LogP contribution in [0.2, 0.25) is 0 Å². The number of carbonyl (C=O) groups is 2. The number of rotatable bonds is 2. The van der Waals surface area contributed by atoms with Crippen LogP contribution < -0.4 is 0 Å². The molecule has 0 aliphatic carbocycles. The molecule has 0 bridgehead atoms. The van der Waals surface area contributed by atoms with Crippen LogP contribution in [0.1, 0.15) is 34.5 Å². The summed E-state index contributed by atoms with van der Waals surface area (Å²) in [6.07, 6.45) is 2.43. The Labute approximate surface area is 146 Å². The summed E-state index contributed by atoms with van der Waals surface area (Å²) >= 11 is 0. The van der Waals surface area contributed by atoms with Gasteiger partial charge in [-0.1, -0.05) is 0 Å². The SMILES string of the molecule is COC(=O)c1ccc2[nH]c3c(c2c1)CN(C(=O)C1CCOCC1)CC3. The number of esters is 1. The number of aromatic amines is 1. The lowest BCUT2D eigenvalue weighted by atomic mass is 9.96. The van der Waals surface area contributed by atoms with Gasteiger partial charge in [-0.25, -0.2) is 4.79 Å². The molecule has 2 aliphatic rings. The van der Waals surface area contributed by atoms with Gasteiger partial charge >= 0.3 is 5.97 Å². The minimum atomic E-state index is -0.345. The quantitative estimate of drug-likeness (QED) is 0.850. The number of ether oxygens (including phenoxy) is 2. The summed E-state index contributed by atoms with van der Waals surface area (Å²) in [4.78, 5) is 30.0. The van der Waals surface area contributed by atoms with Gasteiger partial charge in [0.05, 0.1) is 12.7 Å². The summed E-state index contributed by atoms with van der Waals surface area (Å²) in [6, 6.07) is 5.53. The van der Waals surface area contributed by atoms with Gasteiger partial charge in [0.25, 0.3) is 0 Å². The first-order chi connectivity index (χ1) is 12.2. The molecule has 0 atom stereocenters. The van der Waals surface area contributed by atoms with E-state index >= 15 is 0 Å². The summed E-state index contributed by atoms with van der Waals surface area (Å²) in [6.45, 7) is 2.67. The first-order valence-corrected chi connectivity index (χ1v) is 8.75. The average Bonchev–Trinajstić information content (AvgIpc) is 3.04. The molecule has 1 saturated heterocycles. The molecule has 2 aliphatic heterocycles. The lowest BCUT2D eigenvalue weighted by Crippen LogP contribution is -2.41. The summed E-state index contributed by atoms with van der Waals surface area (Å²) in [5.74, 6) is -0.0404. The van der Waals surface area contributed by atoms with E-state index in [-0.39, 0.29) is 17.8 Å². The van der Waals surface area contributed by atoms with E-state index in [1.807, 2.05) is 17.0 Å². The molecule has 0 radical (unpaired) electrons. The minimum absolute atomic E-state index is 0.0751. The first kappa shape index (κ1) is 16.1. The number of aromatic nitrogens is 1. The number of methoxy groups -OCH3 is 1. The highest BCUT2D eigenvalue weighted by molar-refractivity contribution is 5.96. The van der Waals surface area contributed by atoms with Crippen molar-refractivity contribution in [3.63, 3.8) is 0 Å². The van der Waals surface area contributed by atoms with Gasteiger partial charge in [0.1, 0.15) is 0 Å². The molecule has 4 rings (SSSR count). The standard InChI is InChI=1S/C19H22N2O4/c1-24-19(23)13-2-3-16-14(10-13)15-11-21(7-4-17(15)20-16)18(22)12-5-8-25-9-6-12/h2-3,10,12,20H,4-9,11H2,1H3. The Morgan fingerprint density at radius 1 is 1.28 bits per heavy atom. The van der Waals surface area contributed by atoms with E-state index in [1.54, 1.807) is 6.07 Å². The number of H-pyrrole nitrogens is 1. The van der Waals surface area contributed by atoms with Gasteiger partial charge in [0.2, 0.25) is 5.91 Å². The van der Waals surface area contributed by atoms with Crippen LogP contribution in [0.3, 0.4) is 0 Å². The van der Waals surface area contributed by atoms with Crippen molar-refractivity contribution in [3.8, 4) is 0 Å². The van der Waals surface area contributed by atoms with Crippen molar-refractivity contribution in [1.82, 2.24) is 9.88 Å². The monoisotopic (exact) mass is 342 g/mol. The third-order valence-corrected chi connectivity index (χ3v) is 5.28. The smallest absolute Gasteiger partial charge is 0.337 e. The van der Waals surface area contributed by atoms with E-state index < -0.39 is 0 Å². The fraction of sp³-hybridized carbons (Fsp3) is 0.474. The number of hydrogen-bond donors (Lipinski definition) is 1. The van der Waals surface area contributed by atoms with Gasteiger partial charge in [0, 0.05) is 60.8 Å². The Morgan fingerprint density at radius 2 is 2.08 bits per heavy atom. The van der Waals surface area contributed by atoms with Gasteiger partial charge in [-0.15, -0.1) is 0 Å². The van der Waals surface area contributed by atoms with Crippen LogP contribution in [-0.4, -0.2) is 48.6 Å². The predicted molar refractivity (Wildman–Crippen MR) is 92.3 cm³/mol. The zero-order chi connectivity index (χ0) is 17.4. The molecular formula is C19H22N2O4. The molecule has 1 aromatic heterocycles. The van der Waals surface area contributed by atoms with E-state index in [0.29, 0.717) is 25.3 Å². The van der Waals surface area contributed by atoms with E-state index in [0.717, 1.165) is 48.0 Å². The second-order valence-electron chi connectivity index (χ2n) is 6.73. The van der Waals surface area contributed by atoms with Crippen molar-refractivity contribution in [3.05, 3.63) is 35.0 Å². The van der Waals surface area contributed by atoms with Crippen molar-refractivity contribution in [2.24, 2.45) is 5.92 Å². The highest BCUT2D eigenvalue weighted by Gasteiger charge is 2.30. The highest BCUT2D eigenvalue weighted by atomic mass is 16.5. The number of nitrogens with one attached hydrogen (secondary N) is 1. The van der Waals surface area contributed by atoms with Crippen LogP contribution in [0.15, 0.2) is 18.2 Å². The number of amides is 1. The van der Waals surface area contributed by atoms with Crippen molar-refractivity contribution in [2.45, 2.75) is 25.8 Å². The van der Waals surface area contributed by atoms with E-state index in [9.17, 15) is 9.59 Å². The van der Waals surface area contributed by atoms with Gasteiger partial charge in [-0.05, 0) is 31.0 Å². The molecule has 2 aromatic rings. The van der Waals surface area contributed by atoms with Gasteiger partial charge < -0.3 is 19.4 Å². The third-order valence-electron chi connectivity index (χ3n) is 5.28. The second-order valence-corrected chi connectivity index (χ2v) is 6.73.